The predicted octanol–water partition coefficient (Wildman–Crippen LogP) is 3.56. The van der Waals surface area contributed by atoms with E-state index in [1.165, 1.54) is 12.1 Å². The number of carbonyl (C=O) groups is 3. The molecule has 0 aliphatic rings. The lowest BCUT2D eigenvalue weighted by molar-refractivity contribution is -0.138. The van der Waals surface area contributed by atoms with Crippen LogP contribution in [0.2, 0.25) is 0 Å². The van der Waals surface area contributed by atoms with Crippen LogP contribution < -0.4 is 10.1 Å². The van der Waals surface area contributed by atoms with Gasteiger partial charge in [0, 0.05) is 0 Å². The number of aliphatic carboxylic acids is 1. The lowest BCUT2D eigenvalue weighted by atomic mass is 9.99. The molecule has 2 aromatic rings. The molecular formula is C22H25NO6. The van der Waals surface area contributed by atoms with Crippen molar-refractivity contribution in [2.24, 2.45) is 5.92 Å². The summed E-state index contributed by atoms with van der Waals surface area (Å²) < 4.78 is 10.6. The van der Waals surface area contributed by atoms with Gasteiger partial charge >= 0.3 is 18.0 Å². The zero-order chi connectivity index (χ0) is 21.2. The average molecular weight is 399 g/mol. The van der Waals surface area contributed by atoms with Gasteiger partial charge in [0.25, 0.3) is 0 Å². The fourth-order valence-electron chi connectivity index (χ4n) is 2.59. The van der Waals surface area contributed by atoms with E-state index in [1.807, 2.05) is 44.2 Å². The number of esters is 1. The van der Waals surface area contributed by atoms with E-state index >= 15 is 0 Å². The molecular weight excluding hydrogens is 374 g/mol. The zero-order valence-electron chi connectivity index (χ0n) is 16.5. The third-order valence-corrected chi connectivity index (χ3v) is 4.45. The monoisotopic (exact) mass is 399 g/mol. The molecule has 0 aliphatic carbocycles. The number of carbonyl (C=O) groups excluding carboxylic acids is 2. The van der Waals surface area contributed by atoms with Gasteiger partial charge in [-0.15, -0.1) is 0 Å². The molecule has 0 bridgehead atoms. The van der Waals surface area contributed by atoms with Gasteiger partial charge in [0.2, 0.25) is 0 Å². The van der Waals surface area contributed by atoms with Gasteiger partial charge in [-0.05, 0) is 29.2 Å². The van der Waals surface area contributed by atoms with Gasteiger partial charge in [0.15, 0.2) is 0 Å². The Kier molecular flexibility index (Phi) is 8.21. The van der Waals surface area contributed by atoms with Crippen LogP contribution in [0.25, 0.3) is 0 Å². The van der Waals surface area contributed by atoms with Gasteiger partial charge in [-0.1, -0.05) is 62.7 Å². The van der Waals surface area contributed by atoms with E-state index in [2.05, 4.69) is 5.32 Å². The number of amides is 1. The van der Waals surface area contributed by atoms with E-state index < -0.39 is 24.1 Å². The minimum absolute atomic E-state index is 0.0972. The van der Waals surface area contributed by atoms with Crippen LogP contribution in [0.15, 0.2) is 54.6 Å². The van der Waals surface area contributed by atoms with Crippen molar-refractivity contribution in [2.75, 3.05) is 0 Å². The first-order chi connectivity index (χ1) is 13.9. The van der Waals surface area contributed by atoms with Crippen LogP contribution in [0.4, 0.5) is 4.79 Å². The quantitative estimate of drug-likeness (QED) is 0.494. The molecule has 0 spiro atoms. The van der Waals surface area contributed by atoms with Crippen LogP contribution in [-0.4, -0.2) is 29.2 Å². The van der Waals surface area contributed by atoms with Crippen LogP contribution in [0, 0.1) is 5.92 Å². The number of nitrogens with one attached hydrogen (secondary N) is 1. The molecule has 2 atom stereocenters. The molecule has 0 radical (unpaired) electrons. The second-order valence-corrected chi connectivity index (χ2v) is 6.70. The highest BCUT2D eigenvalue weighted by Gasteiger charge is 2.28. The minimum atomic E-state index is -0.940. The summed E-state index contributed by atoms with van der Waals surface area (Å²) in [6.07, 6.45) is -0.164. The van der Waals surface area contributed by atoms with Gasteiger partial charge < -0.3 is 19.9 Å². The molecule has 0 saturated carbocycles. The summed E-state index contributed by atoms with van der Waals surface area (Å²) in [6.45, 7) is 3.84. The van der Waals surface area contributed by atoms with Crippen LogP contribution >= 0.6 is 0 Å². The highest BCUT2D eigenvalue weighted by molar-refractivity contribution is 5.83. The SMILES string of the molecule is CC[C@H](C)[C@H](NC(=O)OCc1ccccc1)C(=O)Oc1ccc(CC(=O)O)cc1. The molecule has 0 heterocycles. The Labute approximate surface area is 169 Å². The molecule has 2 N–H and O–H groups in total. The third kappa shape index (κ3) is 7.29. The number of alkyl carbamates (subject to hydrolysis) is 1. The first-order valence-electron chi connectivity index (χ1n) is 9.38. The second kappa shape index (κ2) is 10.8. The van der Waals surface area contributed by atoms with Gasteiger partial charge in [0.1, 0.15) is 18.4 Å². The predicted molar refractivity (Wildman–Crippen MR) is 106 cm³/mol. The van der Waals surface area contributed by atoms with Gasteiger partial charge in [-0.25, -0.2) is 9.59 Å². The van der Waals surface area contributed by atoms with E-state index in [0.717, 1.165) is 5.56 Å². The number of carboxylic acids is 1. The first kappa shape index (κ1) is 21.9. The number of hydrogen-bond acceptors (Lipinski definition) is 5. The maximum Gasteiger partial charge on any atom is 0.408 e. The van der Waals surface area contributed by atoms with Crippen molar-refractivity contribution in [1.82, 2.24) is 5.32 Å². The molecule has 0 aromatic heterocycles. The molecule has 1 amide bonds. The molecule has 29 heavy (non-hydrogen) atoms. The van der Waals surface area contributed by atoms with Crippen molar-refractivity contribution in [2.45, 2.75) is 39.3 Å². The van der Waals surface area contributed by atoms with Gasteiger partial charge in [-0.3, -0.25) is 4.79 Å². The lowest BCUT2D eigenvalue weighted by Crippen LogP contribution is -2.47. The maximum absolute atomic E-state index is 12.6. The Balaban J connectivity index is 1.96. The first-order valence-corrected chi connectivity index (χ1v) is 9.38. The van der Waals surface area contributed by atoms with Crippen LogP contribution in [0.3, 0.4) is 0 Å². The summed E-state index contributed by atoms with van der Waals surface area (Å²) in [5.41, 5.74) is 1.44. The van der Waals surface area contributed by atoms with E-state index in [9.17, 15) is 14.4 Å². The highest BCUT2D eigenvalue weighted by atomic mass is 16.6. The van der Waals surface area contributed by atoms with Crippen molar-refractivity contribution in [3.8, 4) is 5.75 Å². The Morgan fingerprint density at radius 2 is 1.66 bits per heavy atom. The molecule has 7 heteroatoms. The number of rotatable bonds is 9. The topological polar surface area (TPSA) is 102 Å². The number of carboxylic acid groups (broad SMARTS) is 1. The van der Waals surface area contributed by atoms with E-state index in [0.29, 0.717) is 12.0 Å². The van der Waals surface area contributed by atoms with Crippen molar-refractivity contribution in [1.29, 1.82) is 0 Å². The van der Waals surface area contributed by atoms with Crippen molar-refractivity contribution >= 4 is 18.0 Å². The van der Waals surface area contributed by atoms with Crippen LogP contribution in [0.1, 0.15) is 31.4 Å². The number of benzene rings is 2. The second-order valence-electron chi connectivity index (χ2n) is 6.70. The largest absolute Gasteiger partial charge is 0.481 e. The Morgan fingerprint density at radius 1 is 1.00 bits per heavy atom. The minimum Gasteiger partial charge on any atom is -0.481 e. The Bertz CT molecular complexity index is 819. The van der Waals surface area contributed by atoms with Crippen LogP contribution in [-0.2, 0) is 27.4 Å². The molecule has 154 valence electrons. The van der Waals surface area contributed by atoms with Crippen molar-refractivity contribution in [3.63, 3.8) is 0 Å². The maximum atomic E-state index is 12.6. The summed E-state index contributed by atoms with van der Waals surface area (Å²) in [7, 11) is 0. The van der Waals surface area contributed by atoms with Crippen LogP contribution in [0.5, 0.6) is 5.75 Å². The normalized spacial score (nSPS) is 12.5. The standard InChI is InChI=1S/C22H25NO6/c1-3-15(2)20(23-22(27)28-14-17-7-5-4-6-8-17)21(26)29-18-11-9-16(10-12-18)13-19(24)25/h4-12,15,20H,3,13-14H2,1-2H3,(H,23,27)(H,24,25)/t15-,20-/m0/s1. The summed E-state index contributed by atoms with van der Waals surface area (Å²) in [6, 6.07) is 14.6. The zero-order valence-corrected chi connectivity index (χ0v) is 16.5. The smallest absolute Gasteiger partial charge is 0.408 e. The van der Waals surface area contributed by atoms with E-state index in [-0.39, 0.29) is 24.7 Å². The molecule has 2 aromatic carbocycles. The molecule has 2 rings (SSSR count). The molecule has 0 saturated heterocycles. The lowest BCUT2D eigenvalue weighted by Gasteiger charge is -2.22. The van der Waals surface area contributed by atoms with Crippen molar-refractivity contribution in [3.05, 3.63) is 65.7 Å². The molecule has 0 unspecified atom stereocenters. The summed E-state index contributed by atoms with van der Waals surface area (Å²) >= 11 is 0. The fourth-order valence-corrected chi connectivity index (χ4v) is 2.59. The van der Waals surface area contributed by atoms with Gasteiger partial charge in [0.05, 0.1) is 6.42 Å². The Morgan fingerprint density at radius 3 is 2.24 bits per heavy atom. The summed E-state index contributed by atoms with van der Waals surface area (Å²) in [4.78, 5) is 35.5. The fraction of sp³-hybridized carbons (Fsp3) is 0.318. The molecule has 0 aliphatic heterocycles. The highest BCUT2D eigenvalue weighted by Crippen LogP contribution is 2.16. The average Bonchev–Trinajstić information content (AvgIpc) is 2.71. The van der Waals surface area contributed by atoms with E-state index in [1.54, 1.807) is 12.1 Å². The third-order valence-electron chi connectivity index (χ3n) is 4.45. The summed E-state index contributed by atoms with van der Waals surface area (Å²) in [5.74, 6) is -1.44. The van der Waals surface area contributed by atoms with E-state index in [4.69, 9.17) is 14.6 Å². The molecule has 7 nitrogen and oxygen atoms in total. The Hall–Kier alpha value is -3.35. The summed E-state index contributed by atoms with van der Waals surface area (Å²) in [5, 5.41) is 11.4. The number of ether oxygens (including phenoxy) is 2. The molecule has 0 fully saturated rings. The van der Waals surface area contributed by atoms with Gasteiger partial charge in [-0.2, -0.15) is 0 Å². The number of hydrogen-bond donors (Lipinski definition) is 2. The van der Waals surface area contributed by atoms with Crippen molar-refractivity contribution < 1.29 is 29.0 Å².